The third-order valence-electron chi connectivity index (χ3n) is 6.13. The maximum atomic E-state index is 13.9. The molecule has 1 aromatic heterocycles. The average Bonchev–Trinajstić information content (AvgIpc) is 3.61. The van der Waals surface area contributed by atoms with Gasteiger partial charge in [0, 0.05) is 42.2 Å². The summed E-state index contributed by atoms with van der Waals surface area (Å²) in [5.41, 5.74) is 1.53. The molecule has 0 saturated carbocycles. The Labute approximate surface area is 224 Å². The molecule has 0 spiro atoms. The summed E-state index contributed by atoms with van der Waals surface area (Å²) in [5, 5.41) is 4.10. The normalized spacial score (nSPS) is 17.2. The smallest absolute Gasteiger partial charge is 0.271 e. The van der Waals surface area contributed by atoms with E-state index in [1.807, 2.05) is 78.9 Å². The SMILES string of the molecule is COc1cccc(/C(=C\C(=O)n2cccn2)[C@@]2(Cc3ccccc3)N=C(OCc3ccccc3)SC2=O)c1. The fraction of sp³-hybridized carbons (Fsp3) is 0.133. The Kier molecular flexibility index (Phi) is 7.51. The van der Waals surface area contributed by atoms with Gasteiger partial charge in [0.1, 0.15) is 12.4 Å². The maximum absolute atomic E-state index is 13.9. The minimum Gasteiger partial charge on any atom is -0.497 e. The molecular formula is C30H25N3O4S. The summed E-state index contributed by atoms with van der Waals surface area (Å²) in [6.45, 7) is 0.270. The lowest BCUT2D eigenvalue weighted by Crippen LogP contribution is -2.37. The molecule has 0 N–H and O–H groups in total. The molecule has 1 aliphatic heterocycles. The Balaban J connectivity index is 1.63. The molecule has 0 unspecified atom stereocenters. The van der Waals surface area contributed by atoms with Gasteiger partial charge < -0.3 is 9.47 Å². The zero-order valence-corrected chi connectivity index (χ0v) is 21.5. The molecule has 1 aliphatic rings. The van der Waals surface area contributed by atoms with Crippen molar-refractivity contribution >= 4 is 33.6 Å². The van der Waals surface area contributed by atoms with Gasteiger partial charge in [-0.3, -0.25) is 9.59 Å². The highest BCUT2D eigenvalue weighted by Gasteiger charge is 2.49. The summed E-state index contributed by atoms with van der Waals surface area (Å²) < 4.78 is 12.7. The first-order valence-corrected chi connectivity index (χ1v) is 12.8. The number of rotatable bonds is 8. The Morgan fingerprint density at radius 2 is 1.71 bits per heavy atom. The van der Waals surface area contributed by atoms with E-state index in [0.717, 1.165) is 22.9 Å². The first kappa shape index (κ1) is 25.2. The monoisotopic (exact) mass is 523 g/mol. The molecule has 8 heteroatoms. The van der Waals surface area contributed by atoms with Gasteiger partial charge in [-0.25, -0.2) is 9.67 Å². The molecule has 2 heterocycles. The second-order valence-corrected chi connectivity index (χ2v) is 9.57. The molecule has 7 nitrogen and oxygen atoms in total. The van der Waals surface area contributed by atoms with Crippen molar-refractivity contribution in [3.05, 3.63) is 126 Å². The number of allylic oxidation sites excluding steroid dienone is 1. The summed E-state index contributed by atoms with van der Waals surface area (Å²) in [6, 6.07) is 28.2. The van der Waals surface area contributed by atoms with Crippen molar-refractivity contribution < 1.29 is 19.1 Å². The second-order valence-electron chi connectivity index (χ2n) is 8.64. The van der Waals surface area contributed by atoms with Crippen LogP contribution in [0.1, 0.15) is 21.5 Å². The van der Waals surface area contributed by atoms with E-state index in [0.29, 0.717) is 16.9 Å². The van der Waals surface area contributed by atoms with Crippen molar-refractivity contribution in [1.29, 1.82) is 0 Å². The van der Waals surface area contributed by atoms with E-state index in [9.17, 15) is 9.59 Å². The summed E-state index contributed by atoms with van der Waals surface area (Å²) in [7, 11) is 1.57. The number of carbonyl (C=O) groups is 2. The van der Waals surface area contributed by atoms with Crippen LogP contribution < -0.4 is 4.74 Å². The van der Waals surface area contributed by atoms with Crippen LogP contribution in [-0.2, 0) is 22.6 Å². The summed E-state index contributed by atoms with van der Waals surface area (Å²) in [5.74, 6) is 0.198. The van der Waals surface area contributed by atoms with E-state index in [2.05, 4.69) is 5.10 Å². The van der Waals surface area contributed by atoms with Crippen molar-refractivity contribution in [2.75, 3.05) is 7.11 Å². The second kappa shape index (κ2) is 11.3. The summed E-state index contributed by atoms with van der Waals surface area (Å²) in [4.78, 5) is 32.1. The summed E-state index contributed by atoms with van der Waals surface area (Å²) >= 11 is 0.952. The van der Waals surface area contributed by atoms with Crippen LogP contribution >= 0.6 is 11.8 Å². The van der Waals surface area contributed by atoms with E-state index >= 15 is 0 Å². The van der Waals surface area contributed by atoms with E-state index in [4.69, 9.17) is 14.5 Å². The lowest BCUT2D eigenvalue weighted by Gasteiger charge is -2.27. The molecular weight excluding hydrogens is 498 g/mol. The molecule has 0 bridgehead atoms. The van der Waals surface area contributed by atoms with Crippen LogP contribution in [0.5, 0.6) is 5.75 Å². The first-order valence-electron chi connectivity index (χ1n) is 12.0. The molecule has 0 radical (unpaired) electrons. The highest BCUT2D eigenvalue weighted by molar-refractivity contribution is 8.26. The first-order chi connectivity index (χ1) is 18.6. The quantitative estimate of drug-likeness (QED) is 0.286. The molecule has 4 aromatic rings. The Hall–Kier alpha value is -4.43. The average molecular weight is 524 g/mol. The van der Waals surface area contributed by atoms with Gasteiger partial charge in [0.25, 0.3) is 11.1 Å². The highest BCUT2D eigenvalue weighted by atomic mass is 32.2. The number of thioether (sulfide) groups is 1. The van der Waals surface area contributed by atoms with Gasteiger partial charge in [-0.05, 0) is 34.9 Å². The minimum atomic E-state index is -1.41. The van der Waals surface area contributed by atoms with Gasteiger partial charge in [0.05, 0.1) is 7.11 Å². The largest absolute Gasteiger partial charge is 0.497 e. The molecule has 3 aromatic carbocycles. The van der Waals surface area contributed by atoms with Crippen LogP contribution in [0.25, 0.3) is 5.57 Å². The predicted octanol–water partition coefficient (Wildman–Crippen LogP) is 5.44. The standard InChI is InChI=1S/C30H25N3O4S/c1-36-25-15-8-14-24(18-25)26(19-27(34)33-17-9-16-31-33)30(20-22-10-4-2-5-11-22)28(35)38-29(32-30)37-21-23-12-6-3-7-13-23/h2-19H,20-21H2,1H3/b26-19+/t30-/m1/s1. The van der Waals surface area contributed by atoms with Crippen molar-refractivity contribution in [1.82, 2.24) is 9.78 Å². The number of nitrogens with zero attached hydrogens (tertiary/aromatic N) is 3. The zero-order chi connectivity index (χ0) is 26.4. The van der Waals surface area contributed by atoms with E-state index in [1.165, 1.54) is 17.0 Å². The predicted molar refractivity (Wildman–Crippen MR) is 148 cm³/mol. The number of carbonyl (C=O) groups excluding carboxylic acids is 2. The van der Waals surface area contributed by atoms with Gasteiger partial charge in [-0.15, -0.1) is 0 Å². The van der Waals surface area contributed by atoms with Crippen molar-refractivity contribution in [2.24, 2.45) is 4.99 Å². The number of aromatic nitrogens is 2. The van der Waals surface area contributed by atoms with Crippen molar-refractivity contribution in [3.63, 3.8) is 0 Å². The van der Waals surface area contributed by atoms with Crippen LogP contribution in [-0.4, -0.2) is 38.7 Å². The number of hydrogen-bond donors (Lipinski definition) is 0. The number of aliphatic imine (C=N–C) groups is 1. The fourth-order valence-corrected chi connectivity index (χ4v) is 5.13. The summed E-state index contributed by atoms with van der Waals surface area (Å²) in [6.07, 6.45) is 4.77. The van der Waals surface area contributed by atoms with Gasteiger partial charge in [0.2, 0.25) is 5.12 Å². The third-order valence-corrected chi connectivity index (χ3v) is 7.04. The van der Waals surface area contributed by atoms with Crippen LogP contribution in [0, 0.1) is 0 Å². The van der Waals surface area contributed by atoms with E-state index in [-0.39, 0.29) is 23.4 Å². The Morgan fingerprint density at radius 3 is 2.39 bits per heavy atom. The minimum absolute atomic E-state index is 0.230. The number of benzene rings is 3. The molecule has 0 aliphatic carbocycles. The Morgan fingerprint density at radius 1 is 0.974 bits per heavy atom. The topological polar surface area (TPSA) is 82.8 Å². The molecule has 190 valence electrons. The van der Waals surface area contributed by atoms with Crippen LogP contribution in [0.4, 0.5) is 0 Å². The fourth-order valence-electron chi connectivity index (χ4n) is 4.26. The van der Waals surface area contributed by atoms with Crippen LogP contribution in [0.2, 0.25) is 0 Å². The van der Waals surface area contributed by atoms with Gasteiger partial charge in [0.15, 0.2) is 5.54 Å². The maximum Gasteiger partial charge on any atom is 0.271 e. The van der Waals surface area contributed by atoms with Gasteiger partial charge in [-0.2, -0.15) is 5.10 Å². The highest BCUT2D eigenvalue weighted by Crippen LogP contribution is 2.44. The third kappa shape index (κ3) is 5.45. The lowest BCUT2D eigenvalue weighted by atomic mass is 9.81. The van der Waals surface area contributed by atoms with E-state index in [1.54, 1.807) is 25.4 Å². The molecule has 0 amide bonds. The van der Waals surface area contributed by atoms with Crippen molar-refractivity contribution in [3.8, 4) is 5.75 Å². The van der Waals surface area contributed by atoms with Gasteiger partial charge >= 0.3 is 0 Å². The molecule has 1 atom stereocenters. The van der Waals surface area contributed by atoms with Crippen LogP contribution in [0.15, 0.2) is 114 Å². The number of hydrogen-bond acceptors (Lipinski definition) is 7. The molecule has 38 heavy (non-hydrogen) atoms. The van der Waals surface area contributed by atoms with Crippen molar-refractivity contribution in [2.45, 2.75) is 18.6 Å². The molecule has 0 saturated heterocycles. The molecule has 0 fully saturated rings. The zero-order valence-electron chi connectivity index (χ0n) is 20.7. The Bertz CT molecular complexity index is 1480. The lowest BCUT2D eigenvalue weighted by molar-refractivity contribution is -0.113. The number of methoxy groups -OCH3 is 1. The number of ether oxygens (including phenoxy) is 2. The van der Waals surface area contributed by atoms with Gasteiger partial charge in [-0.1, -0.05) is 72.8 Å². The van der Waals surface area contributed by atoms with Crippen LogP contribution in [0.3, 0.4) is 0 Å². The molecule has 5 rings (SSSR count). The van der Waals surface area contributed by atoms with E-state index < -0.39 is 11.4 Å².